The van der Waals surface area contributed by atoms with Gasteiger partial charge in [0.1, 0.15) is 5.57 Å². The predicted octanol–water partition coefficient (Wildman–Crippen LogP) is 3.43. The SMILES string of the molecule is CCC(C)[Si](C)(C)I. The van der Waals surface area contributed by atoms with Crippen molar-refractivity contribution in [3.8, 4) is 0 Å². The smallest absolute Gasteiger partial charge is 0.119 e. The Morgan fingerprint density at radius 3 is 1.88 bits per heavy atom. The number of halogens is 1. The van der Waals surface area contributed by atoms with Gasteiger partial charge >= 0.3 is 0 Å². The Morgan fingerprint density at radius 1 is 1.50 bits per heavy atom. The third kappa shape index (κ3) is 3.07. The third-order valence-electron chi connectivity index (χ3n) is 1.78. The molecule has 0 aromatic heterocycles. The van der Waals surface area contributed by atoms with Gasteiger partial charge in [-0.2, -0.15) is 0 Å². The minimum atomic E-state index is -0.791. The molecule has 0 aromatic carbocycles. The van der Waals surface area contributed by atoms with Gasteiger partial charge in [0.15, 0.2) is 0 Å². The van der Waals surface area contributed by atoms with Crippen LogP contribution >= 0.6 is 21.8 Å². The molecule has 0 nitrogen and oxygen atoms in total. The molecule has 0 amide bonds. The van der Waals surface area contributed by atoms with Crippen molar-refractivity contribution in [1.82, 2.24) is 0 Å². The Morgan fingerprint density at radius 2 is 1.88 bits per heavy atom. The Kier molecular flexibility index (Phi) is 3.58. The van der Waals surface area contributed by atoms with E-state index in [1.54, 1.807) is 0 Å². The summed E-state index contributed by atoms with van der Waals surface area (Å²) in [6, 6.07) is 0. The molecule has 8 heavy (non-hydrogen) atoms. The second kappa shape index (κ2) is 3.20. The molecule has 1 atom stereocenters. The second-order valence-electron chi connectivity index (χ2n) is 2.87. The van der Waals surface area contributed by atoms with Gasteiger partial charge in [0.05, 0.1) is 0 Å². The largest absolute Gasteiger partial charge is 0.122 e. The van der Waals surface area contributed by atoms with Crippen molar-refractivity contribution in [2.75, 3.05) is 0 Å². The van der Waals surface area contributed by atoms with Gasteiger partial charge in [0.25, 0.3) is 0 Å². The average molecular weight is 242 g/mol. The highest BCUT2D eigenvalue weighted by atomic mass is 127. The normalized spacial score (nSPS) is 16.1. The quantitative estimate of drug-likeness (QED) is 0.395. The number of rotatable bonds is 2. The van der Waals surface area contributed by atoms with Gasteiger partial charge in [-0.3, -0.25) is 0 Å². The zero-order valence-electron chi connectivity index (χ0n) is 6.16. The molecule has 0 saturated carbocycles. The summed E-state index contributed by atoms with van der Waals surface area (Å²) in [4.78, 5) is 0. The van der Waals surface area contributed by atoms with E-state index in [9.17, 15) is 0 Å². The predicted molar refractivity (Wildman–Crippen MR) is 51.2 cm³/mol. The summed E-state index contributed by atoms with van der Waals surface area (Å²) in [6.07, 6.45) is 1.35. The molecule has 0 N–H and O–H groups in total. The lowest BCUT2D eigenvalue weighted by Gasteiger charge is -2.20. The van der Waals surface area contributed by atoms with Crippen molar-refractivity contribution >= 4 is 27.4 Å². The molecular formula is C6H15ISi. The minimum absolute atomic E-state index is 0.791. The first-order chi connectivity index (χ1) is 3.48. The van der Waals surface area contributed by atoms with Crippen LogP contribution in [0.5, 0.6) is 0 Å². The van der Waals surface area contributed by atoms with Crippen molar-refractivity contribution in [2.24, 2.45) is 0 Å². The van der Waals surface area contributed by atoms with Gasteiger partial charge in [0.2, 0.25) is 0 Å². The van der Waals surface area contributed by atoms with Crippen LogP contribution in [0.1, 0.15) is 20.3 Å². The van der Waals surface area contributed by atoms with E-state index in [2.05, 4.69) is 48.7 Å². The van der Waals surface area contributed by atoms with Crippen molar-refractivity contribution in [3.63, 3.8) is 0 Å². The highest BCUT2D eigenvalue weighted by molar-refractivity contribution is 14.1. The summed E-state index contributed by atoms with van der Waals surface area (Å²) in [5.41, 5.74) is 0.184. The zero-order valence-corrected chi connectivity index (χ0v) is 9.32. The first kappa shape index (κ1) is 8.95. The fourth-order valence-electron chi connectivity index (χ4n) is 0.485. The molecule has 0 heterocycles. The Hall–Kier alpha value is 0.947. The topological polar surface area (TPSA) is 0 Å². The maximum absolute atomic E-state index is 2.64. The van der Waals surface area contributed by atoms with Gasteiger partial charge in [0, 0.05) is 0 Å². The standard InChI is InChI=1S/C6H15ISi/c1-5-6(2)8(3,4)7/h6H,5H2,1-4H3. The zero-order chi connectivity index (χ0) is 6.78. The summed E-state index contributed by atoms with van der Waals surface area (Å²) >= 11 is 2.64. The highest BCUT2D eigenvalue weighted by Crippen LogP contribution is 2.29. The van der Waals surface area contributed by atoms with Crippen molar-refractivity contribution in [1.29, 1.82) is 0 Å². The van der Waals surface area contributed by atoms with Crippen LogP contribution in [-0.4, -0.2) is 5.57 Å². The number of hydrogen-bond acceptors (Lipinski definition) is 0. The molecule has 0 spiro atoms. The lowest BCUT2D eigenvalue weighted by Crippen LogP contribution is -2.21. The lowest BCUT2D eigenvalue weighted by molar-refractivity contribution is 0.857. The van der Waals surface area contributed by atoms with Crippen LogP contribution in [0.4, 0.5) is 0 Å². The molecule has 1 unspecified atom stereocenters. The van der Waals surface area contributed by atoms with E-state index >= 15 is 0 Å². The first-order valence-electron chi connectivity index (χ1n) is 3.17. The molecule has 0 radical (unpaired) electrons. The summed E-state index contributed by atoms with van der Waals surface area (Å²) < 4.78 is 0. The molecule has 0 aromatic rings. The molecule has 0 fully saturated rings. The van der Waals surface area contributed by atoms with E-state index in [0.717, 1.165) is 5.54 Å². The molecule has 0 rings (SSSR count). The maximum Gasteiger partial charge on any atom is 0.122 e. The van der Waals surface area contributed by atoms with E-state index in [4.69, 9.17) is 0 Å². The highest BCUT2D eigenvalue weighted by Gasteiger charge is 2.22. The van der Waals surface area contributed by atoms with Crippen molar-refractivity contribution in [3.05, 3.63) is 0 Å². The molecule has 2 heteroatoms. The van der Waals surface area contributed by atoms with Gasteiger partial charge < -0.3 is 0 Å². The van der Waals surface area contributed by atoms with Crippen molar-refractivity contribution in [2.45, 2.75) is 38.9 Å². The van der Waals surface area contributed by atoms with Crippen LogP contribution in [0.3, 0.4) is 0 Å². The fourth-order valence-corrected chi connectivity index (χ4v) is 2.78. The third-order valence-corrected chi connectivity index (χ3v) is 7.73. The molecule has 0 aliphatic rings. The van der Waals surface area contributed by atoms with Crippen LogP contribution in [0, 0.1) is 0 Å². The lowest BCUT2D eigenvalue weighted by atomic mass is 10.4. The first-order valence-corrected chi connectivity index (χ1v) is 9.36. The Bertz CT molecular complexity index is 65.4. The van der Waals surface area contributed by atoms with Gasteiger partial charge in [-0.25, -0.2) is 0 Å². The van der Waals surface area contributed by atoms with E-state index in [1.807, 2.05) is 0 Å². The van der Waals surface area contributed by atoms with E-state index in [0.29, 0.717) is 0 Å². The van der Waals surface area contributed by atoms with Gasteiger partial charge in [-0.1, -0.05) is 33.4 Å². The molecule has 50 valence electrons. The van der Waals surface area contributed by atoms with E-state index < -0.39 is 5.57 Å². The molecule has 0 aliphatic heterocycles. The van der Waals surface area contributed by atoms with Gasteiger partial charge in [-0.05, 0) is 5.54 Å². The van der Waals surface area contributed by atoms with E-state index in [1.165, 1.54) is 6.42 Å². The van der Waals surface area contributed by atoms with Crippen LogP contribution in [0.2, 0.25) is 18.6 Å². The summed E-state index contributed by atoms with van der Waals surface area (Å²) in [7, 11) is 0. The molecule has 0 bridgehead atoms. The fraction of sp³-hybridized carbons (Fsp3) is 1.00. The molecule has 0 saturated heterocycles. The number of hydrogen-bond donors (Lipinski definition) is 0. The Labute approximate surface area is 66.3 Å². The maximum atomic E-state index is 2.64. The van der Waals surface area contributed by atoms with E-state index in [-0.39, 0.29) is 0 Å². The van der Waals surface area contributed by atoms with Gasteiger partial charge in [-0.15, -0.1) is 21.8 Å². The summed E-state index contributed by atoms with van der Waals surface area (Å²) in [5.74, 6) is 0. The monoisotopic (exact) mass is 242 g/mol. The average Bonchev–Trinajstić information content (AvgIpc) is 1.62. The molecular weight excluding hydrogens is 227 g/mol. The van der Waals surface area contributed by atoms with Crippen LogP contribution in [0.15, 0.2) is 0 Å². The van der Waals surface area contributed by atoms with Crippen molar-refractivity contribution < 1.29 is 0 Å². The Balaban J connectivity index is 3.62. The summed E-state index contributed by atoms with van der Waals surface area (Å²) in [6.45, 7) is 9.47. The summed E-state index contributed by atoms with van der Waals surface area (Å²) in [5, 5.41) is 0. The van der Waals surface area contributed by atoms with Crippen LogP contribution in [0.25, 0.3) is 0 Å². The molecule has 0 aliphatic carbocycles. The van der Waals surface area contributed by atoms with Crippen LogP contribution < -0.4 is 0 Å². The van der Waals surface area contributed by atoms with Crippen LogP contribution in [-0.2, 0) is 0 Å². The second-order valence-corrected chi connectivity index (χ2v) is 15.3. The minimum Gasteiger partial charge on any atom is -0.119 e.